The topological polar surface area (TPSA) is 401 Å². The van der Waals surface area contributed by atoms with Gasteiger partial charge in [0.25, 0.3) is 0 Å². The maximum atomic E-state index is 15.0. The lowest BCUT2D eigenvalue weighted by Gasteiger charge is -2.32. The highest BCUT2D eigenvalue weighted by Crippen LogP contribution is 2.30. The molecule has 8 atom stereocenters. The van der Waals surface area contributed by atoms with Crippen LogP contribution in [-0.4, -0.2) is 149 Å². The van der Waals surface area contributed by atoms with Crippen molar-refractivity contribution in [3.63, 3.8) is 0 Å². The van der Waals surface area contributed by atoms with Crippen molar-refractivity contribution in [1.82, 2.24) is 42.1 Å². The predicted octanol–water partition coefficient (Wildman–Crippen LogP) is -2.13. The quantitative estimate of drug-likeness (QED) is 0.0280. The first-order valence-electron chi connectivity index (χ1n) is 25.4. The minimum Gasteiger partial charge on any atom is -0.370 e. The van der Waals surface area contributed by atoms with E-state index in [0.717, 1.165) is 21.6 Å². The molecule has 2 heterocycles. The van der Waals surface area contributed by atoms with Crippen molar-refractivity contribution < 1.29 is 47.9 Å². The van der Waals surface area contributed by atoms with Gasteiger partial charge in [0.2, 0.25) is 59.1 Å². The molecular weight excluding hydrogens is 1040 g/mol. The Bertz CT molecular complexity index is 2580. The highest BCUT2D eigenvalue weighted by atomic mass is 33.1. The SMILES string of the molecule is CC(C)[C@@H]1NC(=O)[C@H](Cc2ccccc2)NC(=O)[C@H](C(c2ccccc2)c2ccccc2)NC(=O)[C@@H](N)CSSC[C@@H](C(=O)N2CCC[C@H]2C(=O)N[C@@H](CCCN=C(N)N)C(=O)NCC(N)=O)NC(=O)[C@H](CC(N)=O)NC1=O. The number of hydrogen-bond donors (Lipinski definition) is 12. The molecule has 3 aromatic rings. The fraction of sp³-hybridized carbons (Fsp3) is 0.442. The molecule has 2 fully saturated rings. The summed E-state index contributed by atoms with van der Waals surface area (Å²) < 4.78 is 0. The summed E-state index contributed by atoms with van der Waals surface area (Å²) in [5.74, 6) is -10.2. The molecule has 0 spiro atoms. The van der Waals surface area contributed by atoms with Crippen LogP contribution in [0.4, 0.5) is 0 Å². The summed E-state index contributed by atoms with van der Waals surface area (Å²) in [4.78, 5) is 144. The van der Waals surface area contributed by atoms with Crippen LogP contribution in [0.2, 0.25) is 0 Å². The fourth-order valence-corrected chi connectivity index (χ4v) is 11.1. The number of primary amides is 2. The van der Waals surface area contributed by atoms with Gasteiger partial charge >= 0.3 is 0 Å². The van der Waals surface area contributed by atoms with E-state index in [1.165, 1.54) is 4.90 Å². The molecule has 2 aliphatic heterocycles. The molecule has 0 saturated carbocycles. The van der Waals surface area contributed by atoms with Gasteiger partial charge < -0.3 is 70.8 Å². The van der Waals surface area contributed by atoms with Crippen LogP contribution < -0.4 is 65.9 Å². The summed E-state index contributed by atoms with van der Waals surface area (Å²) in [6, 6.07) is 16.0. The molecule has 2 aliphatic rings. The third kappa shape index (κ3) is 18.5. The maximum absolute atomic E-state index is 15.0. The molecule has 0 aromatic heterocycles. The maximum Gasteiger partial charge on any atom is 0.246 e. The summed E-state index contributed by atoms with van der Waals surface area (Å²) >= 11 is 0. The second-order valence-electron chi connectivity index (χ2n) is 19.1. The van der Waals surface area contributed by atoms with Gasteiger partial charge in [-0.3, -0.25) is 52.9 Å². The number of nitrogens with zero attached hydrogens (tertiary/aromatic N) is 2. The summed E-state index contributed by atoms with van der Waals surface area (Å²) in [7, 11) is 2.11. The second-order valence-corrected chi connectivity index (χ2v) is 21.7. The van der Waals surface area contributed by atoms with E-state index in [4.69, 9.17) is 28.7 Å². The third-order valence-electron chi connectivity index (χ3n) is 12.8. The van der Waals surface area contributed by atoms with Crippen LogP contribution in [0.25, 0.3) is 0 Å². The summed E-state index contributed by atoms with van der Waals surface area (Å²) in [5, 5.41) is 18.7. The van der Waals surface area contributed by atoms with E-state index in [2.05, 4.69) is 42.2 Å². The fourth-order valence-electron chi connectivity index (χ4n) is 8.84. The van der Waals surface area contributed by atoms with E-state index in [0.29, 0.717) is 23.1 Å². The van der Waals surface area contributed by atoms with Gasteiger partial charge in [0, 0.05) is 36.9 Å². The lowest BCUT2D eigenvalue weighted by molar-refractivity contribution is -0.142. The number of aliphatic imine (C=N–C) groups is 1. The van der Waals surface area contributed by atoms with Gasteiger partial charge in [-0.25, -0.2) is 0 Å². The monoisotopic (exact) mass is 1110 g/mol. The number of rotatable bonds is 18. The Balaban J connectivity index is 1.51. The molecular formula is C52H70N14O10S2. The zero-order chi connectivity index (χ0) is 56.9. The Labute approximate surface area is 459 Å². The van der Waals surface area contributed by atoms with Crippen molar-refractivity contribution in [3.8, 4) is 0 Å². The van der Waals surface area contributed by atoms with E-state index in [1.807, 2.05) is 24.3 Å². The zero-order valence-corrected chi connectivity index (χ0v) is 45.0. The highest BCUT2D eigenvalue weighted by Gasteiger charge is 2.41. The summed E-state index contributed by atoms with van der Waals surface area (Å²) in [5.41, 5.74) is 30.2. The molecule has 78 heavy (non-hydrogen) atoms. The van der Waals surface area contributed by atoms with Gasteiger partial charge in [-0.15, -0.1) is 0 Å². The van der Waals surface area contributed by atoms with E-state index in [1.54, 1.807) is 80.6 Å². The third-order valence-corrected chi connectivity index (χ3v) is 15.3. The molecule has 0 aliphatic carbocycles. The smallest absolute Gasteiger partial charge is 0.246 e. The number of amides is 10. The molecule has 17 N–H and O–H groups in total. The summed E-state index contributed by atoms with van der Waals surface area (Å²) in [6.45, 7) is 2.90. The number of hydrogen-bond acceptors (Lipinski definition) is 14. The van der Waals surface area contributed by atoms with Crippen LogP contribution in [0.3, 0.4) is 0 Å². The lowest BCUT2D eigenvalue weighted by atomic mass is 9.84. The van der Waals surface area contributed by atoms with Crippen LogP contribution >= 0.6 is 21.6 Å². The number of nitrogens with two attached hydrogens (primary N) is 5. The first-order valence-corrected chi connectivity index (χ1v) is 27.9. The average Bonchev–Trinajstić information content (AvgIpc) is 3.91. The standard InChI is InChI=1S/C52H70N14O10S2/c1-29(2)42-49(74)62-36(25-39(54)67)46(71)63-37(51(76)66-23-13-21-38(66)48(73)60-34(20-12-22-58-52(56)57)45(70)59-26-40(55)68)28-78-77-27-33(53)44(69)65-43(41(31-16-8-4-9-17-31)32-18-10-5-11-19-32)50(75)61-35(47(72)64-42)24-30-14-6-3-7-15-30/h3-11,14-19,29,33-38,41-43H,12-13,20-28,53H2,1-2H3,(H2,54,67)(H2,55,68)(H,59,70)(H,60,73)(H,61,75)(H,62,74)(H,63,71)(H,64,72)(H,65,69)(H4,56,57,58)/t33-,34-,35-,36-,37-,38-,42-,43-/m0/s1. The van der Waals surface area contributed by atoms with Crippen molar-refractivity contribution in [1.29, 1.82) is 0 Å². The summed E-state index contributed by atoms with van der Waals surface area (Å²) in [6.07, 6.45) is -0.0562. The average molecular weight is 1120 g/mol. The van der Waals surface area contributed by atoms with Crippen LogP contribution in [0, 0.1) is 5.92 Å². The first kappa shape index (κ1) is 61.1. The zero-order valence-electron chi connectivity index (χ0n) is 43.4. The van der Waals surface area contributed by atoms with Gasteiger partial charge in [-0.2, -0.15) is 0 Å². The van der Waals surface area contributed by atoms with E-state index < -0.39 is 132 Å². The molecule has 26 heteroatoms. The molecule has 3 aromatic carbocycles. The molecule has 24 nitrogen and oxygen atoms in total. The Morgan fingerprint density at radius 1 is 0.692 bits per heavy atom. The van der Waals surface area contributed by atoms with Crippen molar-refractivity contribution in [2.75, 3.05) is 31.1 Å². The molecule has 10 amide bonds. The number of carbonyl (C=O) groups is 10. The largest absolute Gasteiger partial charge is 0.370 e. The molecule has 0 unspecified atom stereocenters. The molecule has 0 bridgehead atoms. The van der Waals surface area contributed by atoms with Crippen LogP contribution in [0.5, 0.6) is 0 Å². The van der Waals surface area contributed by atoms with Gasteiger partial charge in [-0.1, -0.05) is 126 Å². The van der Waals surface area contributed by atoms with E-state index in [-0.39, 0.29) is 56.2 Å². The number of guanidine groups is 1. The van der Waals surface area contributed by atoms with Gasteiger partial charge in [-0.05, 0) is 48.3 Å². The lowest BCUT2D eigenvalue weighted by Crippen LogP contribution is -2.62. The molecule has 420 valence electrons. The minimum absolute atomic E-state index is 0.0254. The Morgan fingerprint density at radius 2 is 1.26 bits per heavy atom. The molecule has 5 rings (SSSR count). The number of carbonyl (C=O) groups excluding carboxylic acids is 10. The Morgan fingerprint density at radius 3 is 1.85 bits per heavy atom. The Kier molecular flexibility index (Phi) is 23.7. The number of likely N-dealkylation sites (tertiary alicyclic amines) is 1. The van der Waals surface area contributed by atoms with Crippen molar-refractivity contribution in [2.45, 2.75) is 107 Å². The van der Waals surface area contributed by atoms with Gasteiger partial charge in [0.1, 0.15) is 42.3 Å². The predicted molar refractivity (Wildman–Crippen MR) is 295 cm³/mol. The van der Waals surface area contributed by atoms with Crippen molar-refractivity contribution in [2.24, 2.45) is 39.6 Å². The number of nitrogens with one attached hydrogen (secondary N) is 7. The second kappa shape index (κ2) is 30.3. The van der Waals surface area contributed by atoms with E-state index in [9.17, 15) is 47.9 Å². The van der Waals surface area contributed by atoms with Crippen molar-refractivity contribution in [3.05, 3.63) is 108 Å². The normalized spacial score (nSPS) is 22.3. The minimum atomic E-state index is -1.69. The molecule has 2 saturated heterocycles. The van der Waals surface area contributed by atoms with E-state index >= 15 is 0 Å². The van der Waals surface area contributed by atoms with Gasteiger partial charge in [0.15, 0.2) is 5.96 Å². The van der Waals surface area contributed by atoms with Crippen LogP contribution in [-0.2, 0) is 54.4 Å². The highest BCUT2D eigenvalue weighted by molar-refractivity contribution is 8.76. The van der Waals surface area contributed by atoms with Crippen LogP contribution in [0.15, 0.2) is 96.0 Å². The first-order chi connectivity index (χ1) is 37.2. The van der Waals surface area contributed by atoms with Gasteiger partial charge in [0.05, 0.1) is 19.0 Å². The van der Waals surface area contributed by atoms with Crippen molar-refractivity contribution >= 4 is 86.6 Å². The molecule has 0 radical (unpaired) electrons. The van der Waals surface area contributed by atoms with Crippen LogP contribution in [0.1, 0.15) is 68.6 Å². The Hall–Kier alpha value is -7.71. The number of benzene rings is 3.